The second-order valence-electron chi connectivity index (χ2n) is 9.49. The number of nitrogens with one attached hydrogen (secondary N) is 2. The number of aromatic nitrogens is 1. The Kier molecular flexibility index (Phi) is 4.96. The van der Waals surface area contributed by atoms with E-state index in [1.165, 1.54) is 0 Å². The van der Waals surface area contributed by atoms with Crippen LogP contribution in [0.2, 0.25) is 5.02 Å². The van der Waals surface area contributed by atoms with Crippen LogP contribution in [-0.2, 0) is 25.5 Å². The first-order valence-corrected chi connectivity index (χ1v) is 11.8. The zero-order valence-electron chi connectivity index (χ0n) is 19.2. The van der Waals surface area contributed by atoms with Crippen LogP contribution in [-0.4, -0.2) is 73.2 Å². The first-order chi connectivity index (χ1) is 17.1. The molecule has 4 unspecified atom stereocenters. The molecule has 190 valence electrons. The number of hydrogen-bond acceptors (Lipinski definition) is 9. The maximum Gasteiger partial charge on any atom is 0.416 e. The lowest BCUT2D eigenvalue weighted by Gasteiger charge is -2.55. The zero-order valence-corrected chi connectivity index (χ0v) is 19.9. The highest BCUT2D eigenvalue weighted by Gasteiger charge is 2.63. The van der Waals surface area contributed by atoms with Crippen LogP contribution in [0, 0.1) is 5.41 Å². The number of halogens is 2. The molecule has 12 nitrogen and oxygen atoms in total. The van der Waals surface area contributed by atoms with Crippen molar-refractivity contribution in [2.75, 3.05) is 29.6 Å². The highest BCUT2D eigenvalue weighted by Crippen LogP contribution is 2.51. The molecule has 0 bridgehead atoms. The fraction of sp³-hybridized carbons (Fsp3) is 0.500. The summed E-state index contributed by atoms with van der Waals surface area (Å²) in [5.41, 5.74) is -0.437. The number of hydrogen-bond donors (Lipinski definition) is 2. The second-order valence-corrected chi connectivity index (χ2v) is 9.86. The summed E-state index contributed by atoms with van der Waals surface area (Å²) in [6.45, 7) is 3.01. The third-order valence-electron chi connectivity index (χ3n) is 7.25. The Morgan fingerprint density at radius 2 is 1.92 bits per heavy atom. The van der Waals surface area contributed by atoms with Crippen LogP contribution in [0.25, 0.3) is 11.0 Å². The van der Waals surface area contributed by atoms with Gasteiger partial charge in [-0.3, -0.25) is 25.1 Å². The van der Waals surface area contributed by atoms with E-state index in [1.54, 1.807) is 13.0 Å². The number of imide groups is 2. The van der Waals surface area contributed by atoms with E-state index in [4.69, 9.17) is 25.6 Å². The van der Waals surface area contributed by atoms with Crippen molar-refractivity contribution in [1.29, 1.82) is 0 Å². The van der Waals surface area contributed by atoms with Crippen molar-refractivity contribution < 1.29 is 37.6 Å². The van der Waals surface area contributed by atoms with Crippen LogP contribution in [0.3, 0.4) is 0 Å². The van der Waals surface area contributed by atoms with Gasteiger partial charge in [0.15, 0.2) is 16.8 Å². The molecular formula is C22H21ClFN5O7. The minimum absolute atomic E-state index is 0.0664. The van der Waals surface area contributed by atoms with Crippen LogP contribution in [0.15, 0.2) is 10.6 Å². The maximum atomic E-state index is 13.3. The van der Waals surface area contributed by atoms with E-state index >= 15 is 0 Å². The maximum absolute atomic E-state index is 13.3. The highest BCUT2D eigenvalue weighted by atomic mass is 35.5. The molecular weight excluding hydrogens is 501 g/mol. The van der Waals surface area contributed by atoms with Gasteiger partial charge in [-0.25, -0.2) is 14.0 Å². The smallest absolute Gasteiger partial charge is 0.416 e. The molecule has 0 radical (unpaired) electrons. The van der Waals surface area contributed by atoms with Crippen LogP contribution < -0.4 is 20.4 Å². The van der Waals surface area contributed by atoms with E-state index in [9.17, 15) is 23.6 Å². The van der Waals surface area contributed by atoms with Crippen LogP contribution in [0.5, 0.6) is 0 Å². The lowest BCUT2D eigenvalue weighted by atomic mass is 9.66. The lowest BCUT2D eigenvalue weighted by Crippen LogP contribution is -2.75. The number of carbonyl (C=O) groups is 4. The van der Waals surface area contributed by atoms with Gasteiger partial charge in [-0.15, -0.1) is 0 Å². The van der Waals surface area contributed by atoms with Gasteiger partial charge in [-0.05, 0) is 31.9 Å². The molecule has 2 aromatic rings. The quantitative estimate of drug-likeness (QED) is 0.564. The Morgan fingerprint density at radius 1 is 1.19 bits per heavy atom. The lowest BCUT2D eigenvalue weighted by molar-refractivity contribution is -0.153. The van der Waals surface area contributed by atoms with Gasteiger partial charge in [0.1, 0.15) is 17.8 Å². The third kappa shape index (κ3) is 2.98. The number of morpholine rings is 1. The van der Waals surface area contributed by atoms with E-state index in [2.05, 4.69) is 15.8 Å². The number of barbiturate groups is 1. The van der Waals surface area contributed by atoms with E-state index in [-0.39, 0.29) is 35.5 Å². The monoisotopic (exact) mass is 521 g/mol. The summed E-state index contributed by atoms with van der Waals surface area (Å²) in [5, 5.41) is 8.98. The standard InChI is InChI=1S/C22H21ClFN5O7/c1-8-6-28-14-10(4-22(16(28)9(2)34-8)18(30)25-20(32)26-19(22)31)3-12-15(13(14)23)36-27-17(12)29-7-11(5-24)35-21(29)33/h3,8-9,11,16H,4-7H2,1-2H3,(H2,25,26,30,31,32). The number of nitrogens with zero attached hydrogens (tertiary/aromatic N) is 3. The fourth-order valence-electron chi connectivity index (χ4n) is 5.91. The number of ether oxygens (including phenoxy) is 2. The molecule has 0 saturated carbocycles. The normalized spacial score (nSPS) is 29.2. The number of benzene rings is 1. The number of rotatable bonds is 2. The molecule has 3 saturated heterocycles. The number of carbonyl (C=O) groups excluding carboxylic acids is 4. The van der Waals surface area contributed by atoms with E-state index < -0.39 is 54.3 Å². The summed E-state index contributed by atoms with van der Waals surface area (Å²) in [6.07, 6.45) is -2.65. The third-order valence-corrected chi connectivity index (χ3v) is 7.60. The molecule has 5 amide bonds. The number of anilines is 2. The van der Waals surface area contributed by atoms with Crippen LogP contribution in [0.1, 0.15) is 19.4 Å². The van der Waals surface area contributed by atoms with Gasteiger partial charge in [-0.2, -0.15) is 0 Å². The molecule has 36 heavy (non-hydrogen) atoms. The molecule has 2 N–H and O–H groups in total. The summed E-state index contributed by atoms with van der Waals surface area (Å²) < 4.78 is 29.6. The summed E-state index contributed by atoms with van der Waals surface area (Å²) in [5.74, 6) is -1.39. The van der Waals surface area contributed by atoms with Crippen molar-refractivity contribution >= 4 is 58.0 Å². The minimum atomic E-state index is -1.69. The van der Waals surface area contributed by atoms with Crippen molar-refractivity contribution in [2.45, 2.75) is 44.6 Å². The highest BCUT2D eigenvalue weighted by molar-refractivity contribution is 6.38. The van der Waals surface area contributed by atoms with Crippen LogP contribution >= 0.6 is 11.6 Å². The molecule has 4 aliphatic rings. The van der Waals surface area contributed by atoms with Crippen molar-refractivity contribution in [3.63, 3.8) is 0 Å². The molecule has 3 fully saturated rings. The van der Waals surface area contributed by atoms with E-state index in [1.807, 2.05) is 11.8 Å². The van der Waals surface area contributed by atoms with Crippen molar-refractivity contribution in [1.82, 2.24) is 15.8 Å². The minimum Gasteiger partial charge on any atom is -0.441 e. The Morgan fingerprint density at radius 3 is 2.58 bits per heavy atom. The number of fused-ring (bicyclic) bond motifs is 5. The van der Waals surface area contributed by atoms with Crippen molar-refractivity contribution in [2.24, 2.45) is 5.41 Å². The number of cyclic esters (lactones) is 1. The van der Waals surface area contributed by atoms with Crippen molar-refractivity contribution in [3.8, 4) is 0 Å². The molecule has 4 atom stereocenters. The summed E-state index contributed by atoms with van der Waals surface area (Å²) in [7, 11) is 0. The molecule has 4 aliphatic heterocycles. The Balaban J connectivity index is 1.55. The SMILES string of the molecule is CC1CN2c3c(cc4c(N5CC(CF)OC5=O)noc4c3Cl)CC3(C(=O)NC(=O)NC3=O)C2C(C)O1. The van der Waals surface area contributed by atoms with Gasteiger partial charge in [-0.1, -0.05) is 16.8 Å². The Hall–Kier alpha value is -3.45. The van der Waals surface area contributed by atoms with Gasteiger partial charge in [0.2, 0.25) is 11.8 Å². The topological polar surface area (TPSA) is 143 Å². The molecule has 6 rings (SSSR count). The molecule has 1 aromatic carbocycles. The van der Waals surface area contributed by atoms with Gasteiger partial charge in [0.05, 0.1) is 35.9 Å². The van der Waals surface area contributed by atoms with E-state index in [0.717, 1.165) is 4.90 Å². The van der Waals surface area contributed by atoms with E-state index in [0.29, 0.717) is 23.2 Å². The number of amides is 5. The zero-order chi connectivity index (χ0) is 25.5. The first-order valence-electron chi connectivity index (χ1n) is 11.4. The second kappa shape index (κ2) is 7.77. The largest absolute Gasteiger partial charge is 0.441 e. The summed E-state index contributed by atoms with van der Waals surface area (Å²) >= 11 is 6.84. The van der Waals surface area contributed by atoms with Crippen molar-refractivity contribution in [3.05, 3.63) is 16.7 Å². The van der Waals surface area contributed by atoms with Gasteiger partial charge < -0.3 is 18.9 Å². The Labute approximate surface area is 207 Å². The first kappa shape index (κ1) is 23.0. The number of urea groups is 1. The number of alkyl halides is 1. The van der Waals surface area contributed by atoms with Crippen LogP contribution in [0.4, 0.5) is 25.5 Å². The summed E-state index contributed by atoms with van der Waals surface area (Å²) in [4.78, 5) is 53.9. The average Bonchev–Trinajstić information content (AvgIpc) is 3.39. The van der Waals surface area contributed by atoms with Gasteiger partial charge >= 0.3 is 12.1 Å². The molecule has 14 heteroatoms. The molecule has 1 aromatic heterocycles. The predicted molar refractivity (Wildman–Crippen MR) is 122 cm³/mol. The fourth-order valence-corrected chi connectivity index (χ4v) is 6.27. The Bertz CT molecular complexity index is 1330. The molecule has 1 spiro atoms. The summed E-state index contributed by atoms with van der Waals surface area (Å²) in [6, 6.07) is -0.0148. The predicted octanol–water partition coefficient (Wildman–Crippen LogP) is 1.67. The van der Waals surface area contributed by atoms with Gasteiger partial charge in [0, 0.05) is 6.54 Å². The molecule has 0 aliphatic carbocycles. The average molecular weight is 522 g/mol. The molecule has 5 heterocycles. The van der Waals surface area contributed by atoms with Gasteiger partial charge in [0.25, 0.3) is 0 Å².